The van der Waals surface area contributed by atoms with E-state index in [1.807, 2.05) is 18.4 Å². The van der Waals surface area contributed by atoms with Crippen molar-refractivity contribution in [3.05, 3.63) is 47.3 Å². The Morgan fingerprint density at radius 1 is 1.18 bits per heavy atom. The van der Waals surface area contributed by atoms with Gasteiger partial charge in [0.1, 0.15) is 0 Å². The molecule has 0 spiro atoms. The van der Waals surface area contributed by atoms with Crippen molar-refractivity contribution in [2.24, 2.45) is 4.99 Å². The summed E-state index contributed by atoms with van der Waals surface area (Å²) in [6.07, 6.45) is 3.44. The zero-order valence-electron chi connectivity index (χ0n) is 16.9. The predicted molar refractivity (Wildman–Crippen MR) is 121 cm³/mol. The quantitative estimate of drug-likeness (QED) is 0.600. The van der Waals surface area contributed by atoms with Crippen LogP contribution in [-0.2, 0) is 6.42 Å². The van der Waals surface area contributed by atoms with Crippen molar-refractivity contribution < 1.29 is 0 Å². The molecular formula is C22H31N5S. The van der Waals surface area contributed by atoms with E-state index >= 15 is 0 Å². The number of hydrogen-bond acceptors (Lipinski definition) is 4. The van der Waals surface area contributed by atoms with Gasteiger partial charge in [0.25, 0.3) is 0 Å². The van der Waals surface area contributed by atoms with Gasteiger partial charge in [-0.1, -0.05) is 18.2 Å². The average Bonchev–Trinajstić information content (AvgIpc) is 3.36. The van der Waals surface area contributed by atoms with E-state index in [-0.39, 0.29) is 0 Å². The summed E-state index contributed by atoms with van der Waals surface area (Å²) >= 11 is 1.83. The van der Waals surface area contributed by atoms with Crippen molar-refractivity contribution in [2.45, 2.75) is 38.3 Å². The summed E-state index contributed by atoms with van der Waals surface area (Å²) in [5.41, 5.74) is 2.86. The number of guanidine groups is 1. The second-order valence-electron chi connectivity index (χ2n) is 7.73. The van der Waals surface area contributed by atoms with Crippen molar-refractivity contribution in [2.75, 3.05) is 43.0 Å². The van der Waals surface area contributed by atoms with Gasteiger partial charge in [-0.3, -0.25) is 4.99 Å². The first-order valence-corrected chi connectivity index (χ1v) is 11.2. The number of nitrogens with one attached hydrogen (secondary N) is 2. The van der Waals surface area contributed by atoms with Gasteiger partial charge in [0.05, 0.1) is 5.00 Å². The highest BCUT2D eigenvalue weighted by molar-refractivity contribution is 7.14. The third-order valence-electron chi connectivity index (χ3n) is 5.87. The van der Waals surface area contributed by atoms with E-state index in [4.69, 9.17) is 0 Å². The lowest BCUT2D eigenvalue weighted by atomic mass is 10.1. The molecule has 0 bridgehead atoms. The van der Waals surface area contributed by atoms with Crippen LogP contribution in [0.15, 0.2) is 46.8 Å². The van der Waals surface area contributed by atoms with E-state index in [1.54, 1.807) is 0 Å². The lowest BCUT2D eigenvalue weighted by Crippen LogP contribution is -2.50. The first-order chi connectivity index (χ1) is 13.7. The molecule has 0 amide bonds. The third-order valence-corrected chi connectivity index (χ3v) is 6.80. The lowest BCUT2D eigenvalue weighted by molar-refractivity contribution is 0.463. The van der Waals surface area contributed by atoms with Gasteiger partial charge in [0.15, 0.2) is 5.96 Å². The van der Waals surface area contributed by atoms with Crippen LogP contribution in [0.1, 0.15) is 25.3 Å². The molecule has 2 aliphatic heterocycles. The number of anilines is 2. The summed E-state index contributed by atoms with van der Waals surface area (Å²) in [4.78, 5) is 9.44. The highest BCUT2D eigenvalue weighted by atomic mass is 32.1. The SMILES string of the molecule is CN=C(NCCN1c2ccccc2CC1C)NC1CCN(c2cccs2)CC1. The van der Waals surface area contributed by atoms with Gasteiger partial charge in [-0.15, -0.1) is 11.3 Å². The van der Waals surface area contributed by atoms with Crippen LogP contribution < -0.4 is 20.4 Å². The monoisotopic (exact) mass is 397 g/mol. The maximum atomic E-state index is 4.44. The molecule has 0 aliphatic carbocycles. The molecule has 2 aliphatic rings. The Balaban J connectivity index is 1.23. The van der Waals surface area contributed by atoms with Crippen LogP contribution in [0.3, 0.4) is 0 Å². The summed E-state index contributed by atoms with van der Waals surface area (Å²) in [7, 11) is 1.86. The molecule has 3 heterocycles. The lowest BCUT2D eigenvalue weighted by Gasteiger charge is -2.33. The largest absolute Gasteiger partial charge is 0.367 e. The van der Waals surface area contributed by atoms with Crippen LogP contribution in [0.2, 0.25) is 0 Å². The fourth-order valence-corrected chi connectivity index (χ4v) is 5.13. The van der Waals surface area contributed by atoms with Crippen LogP contribution >= 0.6 is 11.3 Å². The topological polar surface area (TPSA) is 42.9 Å². The Morgan fingerprint density at radius 2 is 2.00 bits per heavy atom. The molecule has 1 atom stereocenters. The Morgan fingerprint density at radius 3 is 2.75 bits per heavy atom. The zero-order valence-corrected chi connectivity index (χ0v) is 17.7. The summed E-state index contributed by atoms with van der Waals surface area (Å²) < 4.78 is 0. The summed E-state index contributed by atoms with van der Waals surface area (Å²) in [6.45, 7) is 6.42. The van der Waals surface area contributed by atoms with Crippen LogP contribution in [0, 0.1) is 0 Å². The molecule has 1 aromatic carbocycles. The van der Waals surface area contributed by atoms with E-state index in [1.165, 1.54) is 16.3 Å². The molecule has 4 rings (SSSR count). The second-order valence-corrected chi connectivity index (χ2v) is 8.66. The zero-order chi connectivity index (χ0) is 19.3. The number of hydrogen-bond donors (Lipinski definition) is 2. The van der Waals surface area contributed by atoms with Crippen molar-refractivity contribution in [3.63, 3.8) is 0 Å². The molecule has 0 radical (unpaired) electrons. The molecule has 1 unspecified atom stereocenters. The van der Waals surface area contributed by atoms with Crippen molar-refractivity contribution in [1.82, 2.24) is 10.6 Å². The highest BCUT2D eigenvalue weighted by Crippen LogP contribution is 2.31. The van der Waals surface area contributed by atoms with E-state index in [0.29, 0.717) is 12.1 Å². The van der Waals surface area contributed by atoms with Crippen molar-refractivity contribution in [1.29, 1.82) is 0 Å². The Bertz CT molecular complexity index is 780. The van der Waals surface area contributed by atoms with Gasteiger partial charge in [0, 0.05) is 51.0 Å². The minimum Gasteiger partial charge on any atom is -0.367 e. The van der Waals surface area contributed by atoms with Crippen LogP contribution in [0.4, 0.5) is 10.7 Å². The number of nitrogens with zero attached hydrogens (tertiary/aromatic N) is 3. The summed E-state index contributed by atoms with van der Waals surface area (Å²) in [5.74, 6) is 0.926. The van der Waals surface area contributed by atoms with Gasteiger partial charge < -0.3 is 20.4 Å². The third kappa shape index (κ3) is 4.27. The number of benzene rings is 1. The first-order valence-electron chi connectivity index (χ1n) is 10.3. The number of aliphatic imine (C=N–C) groups is 1. The minimum atomic E-state index is 0.494. The van der Waals surface area contributed by atoms with E-state index in [2.05, 4.69) is 74.1 Å². The molecule has 2 N–H and O–H groups in total. The second kappa shape index (κ2) is 8.86. The maximum absolute atomic E-state index is 4.44. The molecule has 1 aromatic heterocycles. The molecule has 1 fully saturated rings. The molecule has 150 valence electrons. The first kappa shape index (κ1) is 19.1. The Hall–Kier alpha value is -2.21. The fraction of sp³-hybridized carbons (Fsp3) is 0.500. The van der Waals surface area contributed by atoms with Crippen LogP contribution in [-0.4, -0.2) is 51.3 Å². The van der Waals surface area contributed by atoms with E-state index < -0.39 is 0 Å². The standard InChI is InChI=1S/C22H31N5S/c1-17-16-18-6-3-4-7-20(18)27(17)14-11-24-22(23-2)25-19-9-12-26(13-10-19)21-8-5-15-28-21/h3-8,15,17,19H,9-14,16H2,1-2H3,(H2,23,24,25). The molecule has 5 nitrogen and oxygen atoms in total. The predicted octanol–water partition coefficient (Wildman–Crippen LogP) is 3.33. The Labute approximate surface area is 172 Å². The summed E-state index contributed by atoms with van der Waals surface area (Å²) in [5, 5.41) is 10.7. The van der Waals surface area contributed by atoms with Gasteiger partial charge in [-0.2, -0.15) is 0 Å². The smallest absolute Gasteiger partial charge is 0.191 e. The number of rotatable bonds is 5. The molecule has 28 heavy (non-hydrogen) atoms. The van der Waals surface area contributed by atoms with E-state index in [9.17, 15) is 0 Å². The highest BCUT2D eigenvalue weighted by Gasteiger charge is 2.25. The van der Waals surface area contributed by atoms with Gasteiger partial charge >= 0.3 is 0 Å². The number of piperidine rings is 1. The van der Waals surface area contributed by atoms with Crippen LogP contribution in [0.25, 0.3) is 0 Å². The maximum Gasteiger partial charge on any atom is 0.191 e. The molecule has 0 saturated carbocycles. The Kier molecular flexibility index (Phi) is 6.05. The molecular weight excluding hydrogens is 366 g/mol. The molecule has 1 saturated heterocycles. The summed E-state index contributed by atoms with van der Waals surface area (Å²) in [6, 6.07) is 14.2. The van der Waals surface area contributed by atoms with E-state index in [0.717, 1.165) is 51.4 Å². The number of para-hydroxylation sites is 1. The van der Waals surface area contributed by atoms with Gasteiger partial charge in [0.2, 0.25) is 0 Å². The molecule has 6 heteroatoms. The number of thiophene rings is 1. The van der Waals surface area contributed by atoms with Crippen LogP contribution in [0.5, 0.6) is 0 Å². The van der Waals surface area contributed by atoms with Crippen molar-refractivity contribution >= 4 is 28.0 Å². The normalized spacial score (nSPS) is 20.4. The van der Waals surface area contributed by atoms with Gasteiger partial charge in [-0.05, 0) is 55.3 Å². The minimum absolute atomic E-state index is 0.494. The van der Waals surface area contributed by atoms with Crippen molar-refractivity contribution in [3.8, 4) is 0 Å². The fourth-order valence-electron chi connectivity index (χ4n) is 4.35. The average molecular weight is 398 g/mol. The molecule has 2 aromatic rings. The number of fused-ring (bicyclic) bond motifs is 1. The van der Waals surface area contributed by atoms with Gasteiger partial charge in [-0.25, -0.2) is 0 Å².